The third kappa shape index (κ3) is 2.98. The maximum atomic E-state index is 9.05. The Bertz CT molecular complexity index is 526. The zero-order valence-corrected chi connectivity index (χ0v) is 11.2. The van der Waals surface area contributed by atoms with Crippen LogP contribution in [0.4, 0.5) is 0 Å². The van der Waals surface area contributed by atoms with E-state index in [-0.39, 0.29) is 0 Å². The molecule has 3 heteroatoms. The molecular weight excluding hydrogens is 240 g/mol. The lowest BCUT2D eigenvalue weighted by Gasteiger charge is -2.15. The Hall–Kier alpha value is -1.63. The van der Waals surface area contributed by atoms with Crippen molar-refractivity contribution in [1.29, 1.82) is 5.26 Å². The first kappa shape index (κ1) is 12.8. The van der Waals surface area contributed by atoms with E-state index in [0.717, 1.165) is 24.1 Å². The number of nitriles is 1. The summed E-state index contributed by atoms with van der Waals surface area (Å²) in [6.45, 7) is 2.91. The fraction of sp³-hybridized carbons (Fsp3) is 0.267. The van der Waals surface area contributed by atoms with Gasteiger partial charge >= 0.3 is 0 Å². The van der Waals surface area contributed by atoms with Crippen molar-refractivity contribution in [3.8, 4) is 6.07 Å². The van der Waals surface area contributed by atoms with Crippen molar-refractivity contribution < 1.29 is 0 Å². The summed E-state index contributed by atoms with van der Waals surface area (Å²) in [6.07, 6.45) is 1.05. The number of rotatable bonds is 5. The molecule has 1 aromatic carbocycles. The molecule has 1 atom stereocenters. The second-order valence-electron chi connectivity index (χ2n) is 4.13. The van der Waals surface area contributed by atoms with Crippen molar-refractivity contribution in [3.63, 3.8) is 0 Å². The number of hydrogen-bond donors (Lipinski definition) is 1. The molecule has 0 fully saturated rings. The Morgan fingerprint density at radius 3 is 2.78 bits per heavy atom. The molecule has 0 amide bonds. The number of nitrogens with zero attached hydrogens (tertiary/aromatic N) is 1. The van der Waals surface area contributed by atoms with Crippen LogP contribution in [0.15, 0.2) is 41.8 Å². The molecule has 1 N–H and O–H groups in total. The summed E-state index contributed by atoms with van der Waals surface area (Å²) >= 11 is 1.77. The Kier molecular flexibility index (Phi) is 4.52. The fourth-order valence-corrected chi connectivity index (χ4v) is 2.84. The molecule has 2 nitrogen and oxygen atoms in total. The highest BCUT2D eigenvalue weighted by Crippen LogP contribution is 2.22. The SMILES string of the molecule is CCC(NCc1ccccc1C#N)c1cccs1. The van der Waals surface area contributed by atoms with Gasteiger partial charge in [0.2, 0.25) is 0 Å². The van der Waals surface area contributed by atoms with Crippen LogP contribution in [-0.4, -0.2) is 0 Å². The molecule has 92 valence electrons. The second-order valence-corrected chi connectivity index (χ2v) is 5.11. The third-order valence-electron chi connectivity index (χ3n) is 2.97. The lowest BCUT2D eigenvalue weighted by atomic mass is 10.1. The molecule has 0 bridgehead atoms. The van der Waals surface area contributed by atoms with Crippen molar-refractivity contribution in [2.45, 2.75) is 25.9 Å². The summed E-state index contributed by atoms with van der Waals surface area (Å²) < 4.78 is 0. The van der Waals surface area contributed by atoms with E-state index in [1.54, 1.807) is 11.3 Å². The monoisotopic (exact) mass is 256 g/mol. The maximum absolute atomic E-state index is 9.05. The van der Waals surface area contributed by atoms with Crippen LogP contribution in [-0.2, 0) is 6.54 Å². The molecule has 2 aromatic rings. The van der Waals surface area contributed by atoms with Gasteiger partial charge in [-0.1, -0.05) is 31.2 Å². The highest BCUT2D eigenvalue weighted by Gasteiger charge is 2.10. The normalized spacial score (nSPS) is 12.0. The van der Waals surface area contributed by atoms with Crippen LogP contribution in [0.5, 0.6) is 0 Å². The molecule has 0 saturated heterocycles. The highest BCUT2D eigenvalue weighted by molar-refractivity contribution is 7.10. The minimum atomic E-state index is 0.372. The van der Waals surface area contributed by atoms with Gasteiger partial charge in [-0.05, 0) is 29.5 Å². The van der Waals surface area contributed by atoms with Gasteiger partial charge in [-0.25, -0.2) is 0 Å². The van der Waals surface area contributed by atoms with Crippen molar-refractivity contribution in [1.82, 2.24) is 5.32 Å². The number of thiophene rings is 1. The van der Waals surface area contributed by atoms with Crippen molar-refractivity contribution in [2.75, 3.05) is 0 Å². The minimum absolute atomic E-state index is 0.372. The predicted molar refractivity (Wildman–Crippen MR) is 75.3 cm³/mol. The maximum Gasteiger partial charge on any atom is 0.0995 e. The van der Waals surface area contributed by atoms with Gasteiger partial charge in [-0.3, -0.25) is 0 Å². The lowest BCUT2D eigenvalue weighted by Crippen LogP contribution is -2.19. The van der Waals surface area contributed by atoms with E-state index in [1.165, 1.54) is 4.88 Å². The molecular formula is C15H16N2S. The van der Waals surface area contributed by atoms with Crippen LogP contribution >= 0.6 is 11.3 Å². The zero-order chi connectivity index (χ0) is 12.8. The van der Waals surface area contributed by atoms with Crippen LogP contribution in [0.1, 0.15) is 35.4 Å². The molecule has 1 aromatic heterocycles. The first-order valence-electron chi connectivity index (χ1n) is 6.10. The molecule has 0 saturated carbocycles. The van der Waals surface area contributed by atoms with Gasteiger partial charge < -0.3 is 5.32 Å². The average molecular weight is 256 g/mol. The molecule has 0 radical (unpaired) electrons. The molecule has 0 aliphatic rings. The minimum Gasteiger partial charge on any atom is -0.305 e. The first-order chi connectivity index (χ1) is 8.85. The molecule has 1 unspecified atom stereocenters. The number of benzene rings is 1. The second kappa shape index (κ2) is 6.34. The van der Waals surface area contributed by atoms with Crippen LogP contribution in [0, 0.1) is 11.3 Å². The van der Waals surface area contributed by atoms with Gasteiger partial charge in [0.25, 0.3) is 0 Å². The highest BCUT2D eigenvalue weighted by atomic mass is 32.1. The third-order valence-corrected chi connectivity index (χ3v) is 3.96. The summed E-state index contributed by atoms with van der Waals surface area (Å²) in [5.41, 5.74) is 1.82. The van der Waals surface area contributed by atoms with Crippen molar-refractivity contribution in [3.05, 3.63) is 57.8 Å². The summed E-state index contributed by atoms with van der Waals surface area (Å²) in [6, 6.07) is 14.6. The molecule has 0 aliphatic heterocycles. The van der Waals surface area contributed by atoms with Crippen molar-refractivity contribution in [2.24, 2.45) is 0 Å². The Morgan fingerprint density at radius 2 is 2.11 bits per heavy atom. The standard InChI is InChI=1S/C15H16N2S/c1-2-14(15-8-5-9-18-15)17-11-13-7-4-3-6-12(13)10-16/h3-9,14,17H,2,11H2,1H3. The summed E-state index contributed by atoms with van der Waals surface area (Å²) in [4.78, 5) is 1.35. The quantitative estimate of drug-likeness (QED) is 0.881. The van der Waals surface area contributed by atoms with E-state index < -0.39 is 0 Å². The van der Waals surface area contributed by atoms with Gasteiger partial charge in [0, 0.05) is 17.5 Å². The van der Waals surface area contributed by atoms with E-state index in [9.17, 15) is 0 Å². The Labute approximate surface area is 112 Å². The molecule has 0 spiro atoms. The van der Waals surface area contributed by atoms with E-state index in [4.69, 9.17) is 5.26 Å². The summed E-state index contributed by atoms with van der Waals surface area (Å²) in [7, 11) is 0. The fourth-order valence-electron chi connectivity index (χ4n) is 1.95. The average Bonchev–Trinajstić information content (AvgIpc) is 2.94. The van der Waals surface area contributed by atoms with Crippen LogP contribution in [0.3, 0.4) is 0 Å². The van der Waals surface area contributed by atoms with Gasteiger partial charge in [-0.15, -0.1) is 11.3 Å². The summed E-state index contributed by atoms with van der Waals surface area (Å²) in [5.74, 6) is 0. The Balaban J connectivity index is 2.05. The smallest absolute Gasteiger partial charge is 0.0995 e. The van der Waals surface area contributed by atoms with Gasteiger partial charge in [-0.2, -0.15) is 5.26 Å². The van der Waals surface area contributed by atoms with Crippen LogP contribution in [0.25, 0.3) is 0 Å². The topological polar surface area (TPSA) is 35.8 Å². The first-order valence-corrected chi connectivity index (χ1v) is 6.98. The van der Waals surface area contributed by atoms with Crippen LogP contribution < -0.4 is 5.32 Å². The molecule has 2 rings (SSSR count). The van der Waals surface area contributed by atoms with E-state index in [0.29, 0.717) is 6.04 Å². The zero-order valence-electron chi connectivity index (χ0n) is 10.4. The van der Waals surface area contributed by atoms with E-state index in [1.807, 2.05) is 24.3 Å². The lowest BCUT2D eigenvalue weighted by molar-refractivity contribution is 0.526. The number of hydrogen-bond acceptors (Lipinski definition) is 3. The van der Waals surface area contributed by atoms with Gasteiger partial charge in [0.05, 0.1) is 11.6 Å². The largest absolute Gasteiger partial charge is 0.305 e. The van der Waals surface area contributed by atoms with Gasteiger partial charge in [0.1, 0.15) is 0 Å². The van der Waals surface area contributed by atoms with Crippen molar-refractivity contribution >= 4 is 11.3 Å². The predicted octanol–water partition coefficient (Wildman–Crippen LogP) is 3.86. The molecule has 1 heterocycles. The molecule has 0 aliphatic carbocycles. The van der Waals surface area contributed by atoms with Gasteiger partial charge in [0.15, 0.2) is 0 Å². The summed E-state index contributed by atoms with van der Waals surface area (Å²) in [5, 5.41) is 14.7. The molecule has 18 heavy (non-hydrogen) atoms. The number of nitrogens with one attached hydrogen (secondary N) is 1. The Morgan fingerprint density at radius 1 is 1.28 bits per heavy atom. The van der Waals surface area contributed by atoms with E-state index >= 15 is 0 Å². The van der Waals surface area contributed by atoms with E-state index in [2.05, 4.69) is 35.8 Å². The van der Waals surface area contributed by atoms with Crippen LogP contribution in [0.2, 0.25) is 0 Å².